The summed E-state index contributed by atoms with van der Waals surface area (Å²) in [7, 11) is -2.99. The number of rotatable bonds is 5. The van der Waals surface area contributed by atoms with Crippen molar-refractivity contribution in [3.8, 4) is 0 Å². The molecule has 16 heavy (non-hydrogen) atoms. The highest BCUT2D eigenvalue weighted by molar-refractivity contribution is 9.09. The van der Waals surface area contributed by atoms with Crippen molar-refractivity contribution in [2.24, 2.45) is 11.8 Å². The van der Waals surface area contributed by atoms with Crippen molar-refractivity contribution < 1.29 is 8.42 Å². The first-order chi connectivity index (χ1) is 7.55. The Morgan fingerprint density at radius 2 is 1.56 bits per heavy atom. The summed E-state index contributed by atoms with van der Waals surface area (Å²) in [5, 5.41) is 0. The van der Waals surface area contributed by atoms with E-state index in [0.29, 0.717) is 29.0 Å². The van der Waals surface area contributed by atoms with Crippen molar-refractivity contribution in [2.75, 3.05) is 12.3 Å². The molecule has 2 aliphatic carbocycles. The van der Waals surface area contributed by atoms with Crippen LogP contribution in [0.3, 0.4) is 0 Å². The third-order valence-corrected chi connectivity index (χ3v) is 5.95. The lowest BCUT2D eigenvalue weighted by Gasteiger charge is -2.25. The molecule has 0 saturated heterocycles. The second kappa shape index (κ2) is 5.36. The molecule has 5 heteroatoms. The zero-order valence-corrected chi connectivity index (χ0v) is 11.9. The van der Waals surface area contributed by atoms with E-state index in [2.05, 4.69) is 20.7 Å². The van der Waals surface area contributed by atoms with Crippen LogP contribution >= 0.6 is 15.9 Å². The second-order valence-corrected chi connectivity index (χ2v) is 8.34. The standard InChI is InChI=1S/C11H20BrNO2S/c12-11-5-3-9(4-6-11)7-13-16(14,15)8-10-1-2-10/h9-11,13H,1-8H2. The van der Waals surface area contributed by atoms with E-state index in [4.69, 9.17) is 0 Å². The summed E-state index contributed by atoms with van der Waals surface area (Å²) < 4.78 is 26.1. The van der Waals surface area contributed by atoms with Gasteiger partial charge in [0.05, 0.1) is 5.75 Å². The molecule has 0 spiro atoms. The van der Waals surface area contributed by atoms with E-state index >= 15 is 0 Å². The minimum Gasteiger partial charge on any atom is -0.215 e. The molecule has 0 aromatic rings. The molecule has 0 aromatic heterocycles. The first kappa shape index (κ1) is 12.8. The number of alkyl halides is 1. The van der Waals surface area contributed by atoms with E-state index in [1.807, 2.05) is 0 Å². The van der Waals surface area contributed by atoms with Crippen molar-refractivity contribution >= 4 is 26.0 Å². The molecule has 0 radical (unpaired) electrons. The Hall–Kier alpha value is 0.390. The summed E-state index contributed by atoms with van der Waals surface area (Å²) in [5.74, 6) is 1.33. The predicted molar refractivity (Wildman–Crippen MR) is 69.2 cm³/mol. The highest BCUT2D eigenvalue weighted by Gasteiger charge is 2.28. The van der Waals surface area contributed by atoms with Gasteiger partial charge < -0.3 is 0 Å². The van der Waals surface area contributed by atoms with Crippen LogP contribution in [0.2, 0.25) is 0 Å². The van der Waals surface area contributed by atoms with Crippen LogP contribution in [0.5, 0.6) is 0 Å². The van der Waals surface area contributed by atoms with Crippen molar-refractivity contribution in [1.82, 2.24) is 4.72 Å². The lowest BCUT2D eigenvalue weighted by molar-refractivity contribution is 0.366. The highest BCUT2D eigenvalue weighted by atomic mass is 79.9. The zero-order valence-electron chi connectivity index (χ0n) is 9.49. The van der Waals surface area contributed by atoms with Gasteiger partial charge in [0, 0.05) is 11.4 Å². The van der Waals surface area contributed by atoms with E-state index < -0.39 is 10.0 Å². The number of hydrogen-bond donors (Lipinski definition) is 1. The largest absolute Gasteiger partial charge is 0.215 e. The smallest absolute Gasteiger partial charge is 0.211 e. The fourth-order valence-electron chi connectivity index (χ4n) is 2.22. The quantitative estimate of drug-likeness (QED) is 0.792. The van der Waals surface area contributed by atoms with Crippen molar-refractivity contribution in [1.29, 1.82) is 0 Å². The fraction of sp³-hybridized carbons (Fsp3) is 1.00. The van der Waals surface area contributed by atoms with Gasteiger partial charge in [-0.1, -0.05) is 15.9 Å². The molecule has 94 valence electrons. The van der Waals surface area contributed by atoms with E-state index in [-0.39, 0.29) is 0 Å². The lowest BCUT2D eigenvalue weighted by Crippen LogP contribution is -2.33. The number of nitrogens with one attached hydrogen (secondary N) is 1. The molecule has 1 N–H and O–H groups in total. The molecule has 0 aliphatic heterocycles. The maximum Gasteiger partial charge on any atom is 0.211 e. The van der Waals surface area contributed by atoms with Gasteiger partial charge in [-0.05, 0) is 50.4 Å². The van der Waals surface area contributed by atoms with Crippen LogP contribution in [-0.4, -0.2) is 25.5 Å². The maximum atomic E-state index is 11.7. The first-order valence-corrected chi connectivity index (χ1v) is 8.73. The topological polar surface area (TPSA) is 46.2 Å². The van der Waals surface area contributed by atoms with Gasteiger partial charge in [-0.25, -0.2) is 13.1 Å². The van der Waals surface area contributed by atoms with Gasteiger partial charge in [-0.3, -0.25) is 0 Å². The average Bonchev–Trinajstić information content (AvgIpc) is 3.00. The highest BCUT2D eigenvalue weighted by Crippen LogP contribution is 2.31. The summed E-state index contributed by atoms with van der Waals surface area (Å²) in [6.07, 6.45) is 6.82. The SMILES string of the molecule is O=S(=O)(CC1CC1)NCC1CCC(Br)CC1. The Morgan fingerprint density at radius 3 is 2.12 bits per heavy atom. The van der Waals surface area contributed by atoms with Gasteiger partial charge in [-0.2, -0.15) is 0 Å². The molecule has 2 aliphatic rings. The van der Waals surface area contributed by atoms with Gasteiger partial charge in [0.25, 0.3) is 0 Å². The number of hydrogen-bond acceptors (Lipinski definition) is 2. The van der Waals surface area contributed by atoms with Crippen molar-refractivity contribution in [2.45, 2.75) is 43.4 Å². The zero-order chi connectivity index (χ0) is 11.6. The molecule has 2 fully saturated rings. The Kier molecular flexibility index (Phi) is 4.30. The predicted octanol–water partition coefficient (Wildman–Crippen LogP) is 2.27. The number of halogens is 1. The Morgan fingerprint density at radius 1 is 1.00 bits per heavy atom. The summed E-state index contributed by atoms with van der Waals surface area (Å²) >= 11 is 3.61. The molecule has 0 unspecified atom stereocenters. The van der Waals surface area contributed by atoms with Gasteiger partial charge in [-0.15, -0.1) is 0 Å². The van der Waals surface area contributed by atoms with Gasteiger partial charge in [0.1, 0.15) is 0 Å². The van der Waals surface area contributed by atoms with Crippen LogP contribution in [0.1, 0.15) is 38.5 Å². The van der Waals surface area contributed by atoms with Crippen LogP contribution in [0.25, 0.3) is 0 Å². The molecule has 0 heterocycles. The van der Waals surface area contributed by atoms with Gasteiger partial charge in [0.15, 0.2) is 0 Å². The molecule has 0 amide bonds. The van der Waals surface area contributed by atoms with Gasteiger partial charge in [0.2, 0.25) is 10.0 Å². The maximum absolute atomic E-state index is 11.7. The Labute approximate surface area is 107 Å². The molecule has 0 aromatic carbocycles. The first-order valence-electron chi connectivity index (χ1n) is 6.16. The van der Waals surface area contributed by atoms with Crippen LogP contribution in [0.4, 0.5) is 0 Å². The van der Waals surface area contributed by atoms with E-state index in [0.717, 1.165) is 25.7 Å². The monoisotopic (exact) mass is 309 g/mol. The summed E-state index contributed by atoms with van der Waals surface area (Å²) in [5.41, 5.74) is 0. The van der Waals surface area contributed by atoms with E-state index in [1.165, 1.54) is 12.8 Å². The Bertz CT molecular complexity index is 319. The molecule has 0 atom stereocenters. The number of sulfonamides is 1. The van der Waals surface area contributed by atoms with Gasteiger partial charge >= 0.3 is 0 Å². The average molecular weight is 310 g/mol. The third kappa shape index (κ3) is 4.34. The third-order valence-electron chi connectivity index (χ3n) is 3.52. The molecular formula is C11H20BrNO2S. The Balaban J connectivity index is 1.69. The minimum absolute atomic E-state index is 0.348. The van der Waals surface area contributed by atoms with E-state index in [9.17, 15) is 8.42 Å². The molecular weight excluding hydrogens is 290 g/mol. The molecule has 2 rings (SSSR count). The van der Waals surface area contributed by atoms with Crippen LogP contribution < -0.4 is 4.72 Å². The lowest BCUT2D eigenvalue weighted by atomic mass is 9.89. The molecule has 2 saturated carbocycles. The van der Waals surface area contributed by atoms with Crippen LogP contribution in [-0.2, 0) is 10.0 Å². The summed E-state index contributed by atoms with van der Waals surface area (Å²) in [4.78, 5) is 0.645. The van der Waals surface area contributed by atoms with Crippen molar-refractivity contribution in [3.05, 3.63) is 0 Å². The van der Waals surface area contributed by atoms with Crippen molar-refractivity contribution in [3.63, 3.8) is 0 Å². The minimum atomic E-state index is -2.99. The second-order valence-electron chi connectivity index (χ2n) is 5.19. The molecule has 3 nitrogen and oxygen atoms in total. The summed E-state index contributed by atoms with van der Waals surface area (Å²) in [6, 6.07) is 0. The van der Waals surface area contributed by atoms with Crippen LogP contribution in [0, 0.1) is 11.8 Å². The normalized spacial score (nSPS) is 31.6. The summed E-state index contributed by atoms with van der Waals surface area (Å²) in [6.45, 7) is 0.648. The fourth-order valence-corrected chi connectivity index (χ4v) is 4.31. The van der Waals surface area contributed by atoms with E-state index in [1.54, 1.807) is 0 Å². The van der Waals surface area contributed by atoms with Crippen LogP contribution in [0.15, 0.2) is 0 Å². The molecule has 0 bridgehead atoms.